The molecule has 1 saturated heterocycles. The maximum atomic E-state index is 12.7. The number of benzene rings is 1. The maximum absolute atomic E-state index is 12.7. The Hall–Kier alpha value is -2.04. The molecule has 5 nitrogen and oxygen atoms in total. The smallest absolute Gasteiger partial charge is 0.307 e. The lowest BCUT2D eigenvalue weighted by Crippen LogP contribution is -2.45. The van der Waals surface area contributed by atoms with Crippen molar-refractivity contribution in [3.63, 3.8) is 0 Å². The Morgan fingerprint density at radius 3 is 2.86 bits per heavy atom. The number of amides is 1. The van der Waals surface area contributed by atoms with Crippen molar-refractivity contribution in [3.05, 3.63) is 29.3 Å². The van der Waals surface area contributed by atoms with Crippen LogP contribution in [0.3, 0.4) is 0 Å². The highest BCUT2D eigenvalue weighted by Gasteiger charge is 2.30. The molecule has 1 aromatic carbocycles. The van der Waals surface area contributed by atoms with Crippen LogP contribution in [0.4, 0.5) is 5.69 Å². The number of nitrogen functional groups attached to an aromatic ring is 1. The number of nitrogens with zero attached hydrogens (tertiary/aromatic N) is 1. The molecular formula is C16H22N2O3. The highest BCUT2D eigenvalue weighted by Crippen LogP contribution is 2.25. The van der Waals surface area contributed by atoms with Crippen LogP contribution in [0.1, 0.15) is 41.6 Å². The minimum Gasteiger partial charge on any atom is -0.469 e. The lowest BCUT2D eigenvalue weighted by atomic mass is 9.97. The third-order valence-electron chi connectivity index (χ3n) is 4.07. The molecule has 0 aliphatic carbocycles. The number of para-hydroxylation sites is 1. The van der Waals surface area contributed by atoms with Crippen LogP contribution in [-0.4, -0.2) is 36.5 Å². The molecule has 21 heavy (non-hydrogen) atoms. The molecule has 0 bridgehead atoms. The summed E-state index contributed by atoms with van der Waals surface area (Å²) in [7, 11) is 1.37. The fourth-order valence-electron chi connectivity index (χ4n) is 2.78. The van der Waals surface area contributed by atoms with E-state index in [1.165, 1.54) is 7.11 Å². The van der Waals surface area contributed by atoms with E-state index in [4.69, 9.17) is 10.5 Å². The number of hydrogen-bond donors (Lipinski definition) is 1. The van der Waals surface area contributed by atoms with E-state index in [9.17, 15) is 9.59 Å². The Morgan fingerprint density at radius 2 is 2.14 bits per heavy atom. The van der Waals surface area contributed by atoms with Crippen LogP contribution in [0.15, 0.2) is 18.2 Å². The molecule has 0 radical (unpaired) electrons. The van der Waals surface area contributed by atoms with Crippen LogP contribution in [0.5, 0.6) is 0 Å². The second-order valence-corrected chi connectivity index (χ2v) is 5.46. The number of nitrogens with two attached hydrogens (primary N) is 1. The summed E-state index contributed by atoms with van der Waals surface area (Å²) in [6.07, 6.45) is 3.05. The lowest BCUT2D eigenvalue weighted by molar-refractivity contribution is -0.142. The number of carbonyl (C=O) groups is 2. The number of hydrogen-bond acceptors (Lipinski definition) is 4. The van der Waals surface area contributed by atoms with Gasteiger partial charge in [0, 0.05) is 18.3 Å². The van der Waals surface area contributed by atoms with E-state index < -0.39 is 0 Å². The van der Waals surface area contributed by atoms with Gasteiger partial charge in [0.25, 0.3) is 5.91 Å². The average molecular weight is 290 g/mol. The standard InChI is InChI=1S/C16H22N2O3/c1-11-6-5-8-13(15(11)17)16(20)18-9-4-3-7-12(18)10-14(19)21-2/h5-6,8,12H,3-4,7,9-10,17H2,1-2H3. The predicted octanol–water partition coefficient (Wildman–Crippen LogP) is 2.14. The first-order valence-corrected chi connectivity index (χ1v) is 7.27. The number of esters is 1. The molecule has 1 fully saturated rings. The van der Waals surface area contributed by atoms with Gasteiger partial charge in [0.05, 0.1) is 19.1 Å². The summed E-state index contributed by atoms with van der Waals surface area (Å²) in [5.41, 5.74) is 7.95. The van der Waals surface area contributed by atoms with E-state index in [2.05, 4.69) is 0 Å². The van der Waals surface area contributed by atoms with Crippen LogP contribution in [-0.2, 0) is 9.53 Å². The molecule has 5 heteroatoms. The van der Waals surface area contributed by atoms with Crippen LogP contribution in [0, 0.1) is 6.92 Å². The molecule has 1 atom stereocenters. The zero-order chi connectivity index (χ0) is 15.4. The Kier molecular flexibility index (Phi) is 4.83. The van der Waals surface area contributed by atoms with E-state index in [0.29, 0.717) is 17.8 Å². The van der Waals surface area contributed by atoms with Gasteiger partial charge in [0.15, 0.2) is 0 Å². The predicted molar refractivity (Wildman–Crippen MR) is 80.9 cm³/mol. The van der Waals surface area contributed by atoms with Crippen LogP contribution in [0.25, 0.3) is 0 Å². The molecule has 0 spiro atoms. The van der Waals surface area contributed by atoms with Crippen molar-refractivity contribution in [1.29, 1.82) is 0 Å². The molecule has 2 rings (SSSR count). The van der Waals surface area contributed by atoms with Gasteiger partial charge < -0.3 is 15.4 Å². The second kappa shape index (κ2) is 6.61. The van der Waals surface area contributed by atoms with Gasteiger partial charge in [-0.05, 0) is 37.8 Å². The fraction of sp³-hybridized carbons (Fsp3) is 0.500. The van der Waals surface area contributed by atoms with Crippen molar-refractivity contribution >= 4 is 17.6 Å². The van der Waals surface area contributed by atoms with E-state index in [1.807, 2.05) is 19.1 Å². The molecule has 0 saturated carbocycles. The molecule has 1 amide bonds. The lowest BCUT2D eigenvalue weighted by Gasteiger charge is -2.35. The van der Waals surface area contributed by atoms with Crippen molar-refractivity contribution < 1.29 is 14.3 Å². The normalized spacial score (nSPS) is 18.4. The molecule has 1 aromatic rings. The number of anilines is 1. The van der Waals surface area contributed by atoms with Gasteiger partial charge in [-0.1, -0.05) is 12.1 Å². The van der Waals surface area contributed by atoms with Crippen LogP contribution in [0.2, 0.25) is 0 Å². The van der Waals surface area contributed by atoms with Crippen molar-refractivity contribution in [1.82, 2.24) is 4.90 Å². The summed E-state index contributed by atoms with van der Waals surface area (Å²) >= 11 is 0. The van der Waals surface area contributed by atoms with Crippen molar-refractivity contribution in [3.8, 4) is 0 Å². The molecule has 114 valence electrons. The zero-order valence-electron chi connectivity index (χ0n) is 12.6. The Balaban J connectivity index is 2.22. The number of methoxy groups -OCH3 is 1. The van der Waals surface area contributed by atoms with Gasteiger partial charge in [-0.25, -0.2) is 0 Å². The van der Waals surface area contributed by atoms with Gasteiger partial charge in [-0.2, -0.15) is 0 Å². The van der Waals surface area contributed by atoms with Crippen LogP contribution >= 0.6 is 0 Å². The Bertz CT molecular complexity index is 542. The number of rotatable bonds is 3. The minimum absolute atomic E-state index is 0.0928. The van der Waals surface area contributed by atoms with Gasteiger partial charge in [0.1, 0.15) is 0 Å². The molecule has 1 heterocycles. The number of ether oxygens (including phenoxy) is 1. The number of piperidine rings is 1. The molecule has 1 aliphatic heterocycles. The topological polar surface area (TPSA) is 72.6 Å². The Labute approximate surface area is 125 Å². The highest BCUT2D eigenvalue weighted by molar-refractivity contribution is 6.00. The average Bonchev–Trinajstić information content (AvgIpc) is 2.50. The monoisotopic (exact) mass is 290 g/mol. The van der Waals surface area contributed by atoms with E-state index >= 15 is 0 Å². The third-order valence-corrected chi connectivity index (χ3v) is 4.07. The molecule has 1 aliphatic rings. The fourth-order valence-corrected chi connectivity index (χ4v) is 2.78. The summed E-state index contributed by atoms with van der Waals surface area (Å²) in [5.74, 6) is -0.373. The summed E-state index contributed by atoms with van der Waals surface area (Å²) in [5, 5.41) is 0. The van der Waals surface area contributed by atoms with Crippen molar-refractivity contribution in [2.24, 2.45) is 0 Å². The molecule has 2 N–H and O–H groups in total. The quantitative estimate of drug-likeness (QED) is 0.683. The highest BCUT2D eigenvalue weighted by atomic mass is 16.5. The summed E-state index contributed by atoms with van der Waals surface area (Å²) in [6, 6.07) is 5.36. The second-order valence-electron chi connectivity index (χ2n) is 5.46. The number of aryl methyl sites for hydroxylation is 1. The first kappa shape index (κ1) is 15.4. The summed E-state index contributed by atoms with van der Waals surface area (Å²) in [6.45, 7) is 2.54. The van der Waals surface area contributed by atoms with Crippen LogP contribution < -0.4 is 5.73 Å². The summed E-state index contributed by atoms with van der Waals surface area (Å²) < 4.78 is 4.73. The zero-order valence-corrected chi connectivity index (χ0v) is 12.6. The van der Waals surface area contributed by atoms with E-state index in [0.717, 1.165) is 24.8 Å². The first-order valence-electron chi connectivity index (χ1n) is 7.27. The van der Waals surface area contributed by atoms with Crippen molar-refractivity contribution in [2.75, 3.05) is 19.4 Å². The summed E-state index contributed by atoms with van der Waals surface area (Å²) in [4.78, 5) is 26.0. The first-order chi connectivity index (χ1) is 10.0. The third kappa shape index (κ3) is 3.35. The van der Waals surface area contributed by atoms with Gasteiger partial charge in [-0.3, -0.25) is 9.59 Å². The van der Waals surface area contributed by atoms with E-state index in [1.54, 1.807) is 11.0 Å². The molecular weight excluding hydrogens is 268 g/mol. The Morgan fingerprint density at radius 1 is 1.38 bits per heavy atom. The van der Waals surface area contributed by atoms with E-state index in [-0.39, 0.29) is 24.3 Å². The largest absolute Gasteiger partial charge is 0.469 e. The minimum atomic E-state index is -0.281. The van der Waals surface area contributed by atoms with Gasteiger partial charge in [-0.15, -0.1) is 0 Å². The SMILES string of the molecule is COC(=O)CC1CCCCN1C(=O)c1cccc(C)c1N. The maximum Gasteiger partial charge on any atom is 0.307 e. The molecule has 0 aromatic heterocycles. The molecule has 1 unspecified atom stereocenters. The van der Waals surface area contributed by atoms with Crippen molar-refractivity contribution in [2.45, 2.75) is 38.6 Å². The van der Waals surface area contributed by atoms with Gasteiger partial charge in [0.2, 0.25) is 0 Å². The van der Waals surface area contributed by atoms with Gasteiger partial charge >= 0.3 is 5.97 Å². The number of carbonyl (C=O) groups excluding carboxylic acids is 2. The number of likely N-dealkylation sites (tertiary alicyclic amines) is 1.